The molecule has 1 unspecified atom stereocenters. The number of benzene rings is 2. The lowest BCUT2D eigenvalue weighted by Gasteiger charge is -2.29. The Labute approximate surface area is 194 Å². The largest absolute Gasteiger partial charge is 0.379 e. The normalized spacial score (nSPS) is 20.6. The van der Waals surface area contributed by atoms with Gasteiger partial charge >= 0.3 is 0 Å². The van der Waals surface area contributed by atoms with Gasteiger partial charge in [0.1, 0.15) is 0 Å². The molecule has 1 saturated heterocycles. The summed E-state index contributed by atoms with van der Waals surface area (Å²) in [6.07, 6.45) is 1.52. The van der Waals surface area contributed by atoms with E-state index in [1.165, 1.54) is 39.5 Å². The molecule has 8 nitrogen and oxygen atoms in total. The summed E-state index contributed by atoms with van der Waals surface area (Å²) in [5.41, 5.74) is 2.75. The molecular weight excluding hydrogens is 464 g/mol. The molecule has 0 radical (unpaired) electrons. The number of hydrogen-bond acceptors (Lipinski definition) is 6. The fraction of sp³-hybridized carbons (Fsp3) is 0.348. The molecule has 0 aliphatic carbocycles. The lowest BCUT2D eigenvalue weighted by molar-refractivity contribution is 0.0730. The Morgan fingerprint density at radius 2 is 1.64 bits per heavy atom. The monoisotopic (exact) mass is 490 g/mol. The van der Waals surface area contributed by atoms with Gasteiger partial charge in [-0.15, -0.1) is 0 Å². The Balaban J connectivity index is 1.67. The third-order valence-corrected chi connectivity index (χ3v) is 8.95. The maximum atomic E-state index is 13.5. The summed E-state index contributed by atoms with van der Waals surface area (Å²) in [4.78, 5) is 15.1. The molecule has 0 aromatic heterocycles. The summed E-state index contributed by atoms with van der Waals surface area (Å²) in [5.74, 6) is -0.600. The molecule has 1 atom stereocenters. The van der Waals surface area contributed by atoms with Gasteiger partial charge < -0.3 is 9.64 Å². The van der Waals surface area contributed by atoms with Crippen LogP contribution in [0.15, 0.2) is 58.8 Å². The number of sulfonamides is 1. The number of carbonyl (C=O) groups is 1. The Morgan fingerprint density at radius 3 is 2.18 bits per heavy atom. The molecule has 10 heteroatoms. The summed E-state index contributed by atoms with van der Waals surface area (Å²) < 4.78 is 56.5. The molecule has 0 spiro atoms. The summed E-state index contributed by atoms with van der Waals surface area (Å²) in [6, 6.07) is 10.8. The number of carbonyl (C=O) groups excluding carboxylic acids is 1. The fourth-order valence-corrected chi connectivity index (χ4v) is 6.79. The fourth-order valence-electron chi connectivity index (χ4n) is 4.11. The average molecular weight is 491 g/mol. The molecule has 2 heterocycles. The number of hydrogen-bond donors (Lipinski definition) is 0. The maximum Gasteiger partial charge on any atom is 0.258 e. The number of morpholine rings is 1. The van der Waals surface area contributed by atoms with Gasteiger partial charge in [0, 0.05) is 29.7 Å². The van der Waals surface area contributed by atoms with Crippen molar-refractivity contribution in [2.75, 3.05) is 37.0 Å². The topological polar surface area (TPSA) is 101 Å². The van der Waals surface area contributed by atoms with Crippen LogP contribution in [0.1, 0.15) is 21.5 Å². The molecule has 2 aliphatic heterocycles. The molecule has 0 N–H and O–H groups in total. The van der Waals surface area contributed by atoms with Crippen molar-refractivity contribution in [1.29, 1.82) is 0 Å². The molecule has 2 aromatic carbocycles. The van der Waals surface area contributed by atoms with Gasteiger partial charge in [-0.1, -0.05) is 6.07 Å². The van der Waals surface area contributed by atoms with Crippen LogP contribution >= 0.6 is 0 Å². The maximum absolute atomic E-state index is 13.5. The van der Waals surface area contributed by atoms with Crippen LogP contribution in [0.5, 0.6) is 0 Å². The van der Waals surface area contributed by atoms with Crippen molar-refractivity contribution in [1.82, 2.24) is 4.31 Å². The number of amides is 1. The molecule has 33 heavy (non-hydrogen) atoms. The summed E-state index contributed by atoms with van der Waals surface area (Å²) in [7, 11) is -7.07. The van der Waals surface area contributed by atoms with Crippen molar-refractivity contribution < 1.29 is 26.4 Å². The Hall–Kier alpha value is -2.53. The van der Waals surface area contributed by atoms with Gasteiger partial charge in [0.2, 0.25) is 10.0 Å². The van der Waals surface area contributed by atoms with Crippen LogP contribution in [-0.4, -0.2) is 65.1 Å². The molecule has 2 aromatic rings. The van der Waals surface area contributed by atoms with Crippen LogP contribution in [-0.2, 0) is 24.6 Å². The van der Waals surface area contributed by atoms with E-state index in [1.54, 1.807) is 0 Å². The number of anilines is 1. The Kier molecular flexibility index (Phi) is 6.45. The van der Waals surface area contributed by atoms with Crippen molar-refractivity contribution in [3.05, 3.63) is 70.6 Å². The van der Waals surface area contributed by atoms with E-state index < -0.39 is 31.8 Å². The summed E-state index contributed by atoms with van der Waals surface area (Å²) in [6.45, 7) is 5.08. The molecule has 1 fully saturated rings. The molecule has 0 saturated carbocycles. The quantitative estimate of drug-likeness (QED) is 0.637. The highest BCUT2D eigenvalue weighted by Crippen LogP contribution is 2.28. The third-order valence-electron chi connectivity index (χ3n) is 5.66. The van der Waals surface area contributed by atoms with Crippen LogP contribution < -0.4 is 4.90 Å². The standard InChI is InChI=1S/C23H26N2O6S2/c1-17-13-18(2)15-21(14-17)25(20-7-12-32(27,28)16-20)23(26)19-3-5-22(6-4-19)33(29,30)24-8-10-31-11-9-24/h3-7,12-15,20H,8-11,16H2,1-2H3. The molecule has 0 bridgehead atoms. The average Bonchev–Trinajstić information content (AvgIpc) is 3.13. The van der Waals surface area contributed by atoms with Gasteiger partial charge in [0.25, 0.3) is 5.91 Å². The number of rotatable bonds is 5. The minimum Gasteiger partial charge on any atom is -0.379 e. The van der Waals surface area contributed by atoms with Crippen LogP contribution in [0.3, 0.4) is 0 Å². The van der Waals surface area contributed by atoms with E-state index >= 15 is 0 Å². The number of nitrogens with zero attached hydrogens (tertiary/aromatic N) is 2. The number of sulfone groups is 1. The Bertz CT molecular complexity index is 1270. The van der Waals surface area contributed by atoms with Gasteiger partial charge in [0.15, 0.2) is 9.84 Å². The van der Waals surface area contributed by atoms with Crippen molar-refractivity contribution in [3.8, 4) is 0 Å². The van der Waals surface area contributed by atoms with Gasteiger partial charge in [-0.3, -0.25) is 4.79 Å². The third kappa shape index (κ3) is 5.03. The van der Waals surface area contributed by atoms with Crippen LogP contribution in [0.4, 0.5) is 5.69 Å². The van der Waals surface area contributed by atoms with Crippen LogP contribution in [0, 0.1) is 13.8 Å². The van der Waals surface area contributed by atoms with Gasteiger partial charge in [-0.2, -0.15) is 4.31 Å². The molecule has 4 rings (SSSR count). The van der Waals surface area contributed by atoms with Gasteiger partial charge in [0.05, 0.1) is 29.9 Å². The second-order valence-corrected chi connectivity index (χ2v) is 12.2. The molecule has 1 amide bonds. The Morgan fingerprint density at radius 1 is 1.03 bits per heavy atom. The van der Waals surface area contributed by atoms with Crippen molar-refractivity contribution in [2.24, 2.45) is 0 Å². The first kappa shape index (κ1) is 23.6. The predicted molar refractivity (Wildman–Crippen MR) is 125 cm³/mol. The first-order valence-electron chi connectivity index (χ1n) is 10.6. The zero-order valence-electron chi connectivity index (χ0n) is 18.5. The lowest BCUT2D eigenvalue weighted by Crippen LogP contribution is -2.41. The minimum atomic E-state index is -3.68. The van der Waals surface area contributed by atoms with E-state index in [1.807, 2.05) is 32.0 Å². The smallest absolute Gasteiger partial charge is 0.258 e. The zero-order chi connectivity index (χ0) is 23.8. The molecule has 176 valence electrons. The van der Waals surface area contributed by atoms with Crippen molar-refractivity contribution >= 4 is 31.5 Å². The lowest BCUT2D eigenvalue weighted by atomic mass is 10.1. The summed E-state index contributed by atoms with van der Waals surface area (Å²) >= 11 is 0. The van der Waals surface area contributed by atoms with Gasteiger partial charge in [-0.05, 0) is 67.4 Å². The van der Waals surface area contributed by atoms with E-state index in [0.29, 0.717) is 18.9 Å². The molecular formula is C23H26N2O6S2. The highest BCUT2D eigenvalue weighted by atomic mass is 32.2. The van der Waals surface area contributed by atoms with E-state index in [4.69, 9.17) is 4.74 Å². The van der Waals surface area contributed by atoms with E-state index in [2.05, 4.69) is 0 Å². The highest BCUT2D eigenvalue weighted by Gasteiger charge is 2.33. The second kappa shape index (κ2) is 9.02. The van der Waals surface area contributed by atoms with E-state index in [-0.39, 0.29) is 29.3 Å². The zero-order valence-corrected chi connectivity index (χ0v) is 20.1. The van der Waals surface area contributed by atoms with Crippen LogP contribution in [0.25, 0.3) is 0 Å². The van der Waals surface area contributed by atoms with E-state index in [0.717, 1.165) is 16.5 Å². The predicted octanol–water partition coefficient (Wildman–Crippen LogP) is 2.28. The summed E-state index contributed by atoms with van der Waals surface area (Å²) in [5, 5.41) is 1.14. The van der Waals surface area contributed by atoms with Crippen molar-refractivity contribution in [3.63, 3.8) is 0 Å². The van der Waals surface area contributed by atoms with Gasteiger partial charge in [-0.25, -0.2) is 16.8 Å². The first-order valence-corrected chi connectivity index (χ1v) is 13.7. The first-order chi connectivity index (χ1) is 15.6. The minimum absolute atomic E-state index is 0.0993. The SMILES string of the molecule is Cc1cc(C)cc(N(C(=O)c2ccc(S(=O)(=O)N3CCOCC3)cc2)C2C=CS(=O)(=O)C2)c1. The highest BCUT2D eigenvalue weighted by molar-refractivity contribution is 7.94. The second-order valence-electron chi connectivity index (χ2n) is 8.29. The number of aryl methyl sites for hydroxylation is 2. The number of ether oxygens (including phenoxy) is 1. The van der Waals surface area contributed by atoms with Crippen molar-refractivity contribution in [2.45, 2.75) is 24.8 Å². The van der Waals surface area contributed by atoms with E-state index in [9.17, 15) is 21.6 Å². The molecule has 2 aliphatic rings. The van der Waals surface area contributed by atoms with Crippen LogP contribution in [0.2, 0.25) is 0 Å².